The standard InChI is InChI=1S/C20H24INO6S/c1-5-26-15-8-13(7-14(21)18(15)27-6-2)9-16-19(24)22(20(25)29-16)10-17(23)28-11-12(3)4/h7-9,12H,5-6,10-11H2,1-4H3/b16-9+. The van der Waals surface area contributed by atoms with Crippen LogP contribution in [0.2, 0.25) is 0 Å². The smallest absolute Gasteiger partial charge is 0.326 e. The molecule has 1 aromatic rings. The Morgan fingerprint density at radius 3 is 2.52 bits per heavy atom. The van der Waals surface area contributed by atoms with E-state index in [1.54, 1.807) is 12.1 Å². The highest BCUT2D eigenvalue weighted by molar-refractivity contribution is 14.1. The molecule has 0 atom stereocenters. The molecular formula is C20H24INO6S. The van der Waals surface area contributed by atoms with Gasteiger partial charge in [-0.25, -0.2) is 0 Å². The lowest BCUT2D eigenvalue weighted by atomic mass is 10.2. The second kappa shape index (κ2) is 10.9. The molecule has 158 valence electrons. The molecule has 0 spiro atoms. The van der Waals surface area contributed by atoms with Gasteiger partial charge in [-0.05, 0) is 77.9 Å². The van der Waals surface area contributed by atoms with Crippen molar-refractivity contribution in [3.63, 3.8) is 0 Å². The van der Waals surface area contributed by atoms with E-state index in [0.29, 0.717) is 30.3 Å². The molecule has 9 heteroatoms. The average Bonchev–Trinajstić information content (AvgIpc) is 2.90. The van der Waals surface area contributed by atoms with Gasteiger partial charge in [0.1, 0.15) is 6.54 Å². The molecule has 0 bridgehead atoms. The molecule has 1 saturated heterocycles. The first-order valence-electron chi connectivity index (χ1n) is 9.26. The van der Waals surface area contributed by atoms with Crippen LogP contribution >= 0.6 is 34.4 Å². The molecule has 2 amide bonds. The van der Waals surface area contributed by atoms with E-state index in [2.05, 4.69) is 22.6 Å². The molecule has 1 fully saturated rings. The van der Waals surface area contributed by atoms with Gasteiger partial charge < -0.3 is 14.2 Å². The lowest BCUT2D eigenvalue weighted by molar-refractivity contribution is -0.147. The maximum atomic E-state index is 12.6. The summed E-state index contributed by atoms with van der Waals surface area (Å²) >= 11 is 2.94. The number of hydrogen-bond acceptors (Lipinski definition) is 7. The first-order valence-corrected chi connectivity index (χ1v) is 11.2. The highest BCUT2D eigenvalue weighted by atomic mass is 127. The molecule has 1 aliphatic rings. The Morgan fingerprint density at radius 1 is 1.21 bits per heavy atom. The van der Waals surface area contributed by atoms with E-state index in [0.717, 1.165) is 20.2 Å². The first-order chi connectivity index (χ1) is 13.8. The summed E-state index contributed by atoms with van der Waals surface area (Å²) in [6, 6.07) is 3.61. The Kier molecular flexibility index (Phi) is 8.81. The predicted molar refractivity (Wildman–Crippen MR) is 120 cm³/mol. The molecule has 1 heterocycles. The Bertz CT molecular complexity index is 823. The van der Waals surface area contributed by atoms with Gasteiger partial charge in [0.2, 0.25) is 0 Å². The van der Waals surface area contributed by atoms with Gasteiger partial charge >= 0.3 is 5.97 Å². The molecule has 0 aromatic heterocycles. The fraction of sp³-hybridized carbons (Fsp3) is 0.450. The minimum Gasteiger partial charge on any atom is -0.490 e. The van der Waals surface area contributed by atoms with Crippen LogP contribution in [0, 0.1) is 9.49 Å². The van der Waals surface area contributed by atoms with Crippen LogP contribution in [0.5, 0.6) is 11.5 Å². The van der Waals surface area contributed by atoms with E-state index in [1.165, 1.54) is 0 Å². The van der Waals surface area contributed by atoms with Crippen molar-refractivity contribution in [3.05, 3.63) is 26.2 Å². The van der Waals surface area contributed by atoms with Crippen molar-refractivity contribution in [3.8, 4) is 11.5 Å². The third kappa shape index (κ3) is 6.36. The summed E-state index contributed by atoms with van der Waals surface area (Å²) in [5.74, 6) is 0.285. The zero-order valence-electron chi connectivity index (χ0n) is 16.8. The molecule has 2 rings (SSSR count). The van der Waals surface area contributed by atoms with E-state index in [4.69, 9.17) is 14.2 Å². The number of carbonyl (C=O) groups excluding carboxylic acids is 3. The normalized spacial score (nSPS) is 15.4. The molecule has 0 N–H and O–H groups in total. The molecule has 1 aromatic carbocycles. The van der Waals surface area contributed by atoms with Gasteiger partial charge in [0.05, 0.1) is 28.3 Å². The molecular weight excluding hydrogens is 509 g/mol. The number of amides is 2. The second-order valence-corrected chi connectivity index (χ2v) is 8.70. The number of rotatable bonds is 9. The van der Waals surface area contributed by atoms with E-state index >= 15 is 0 Å². The van der Waals surface area contributed by atoms with Crippen molar-refractivity contribution in [2.45, 2.75) is 27.7 Å². The molecule has 0 unspecified atom stereocenters. The summed E-state index contributed by atoms with van der Waals surface area (Å²) in [6.07, 6.45) is 1.62. The Hall–Kier alpha value is -1.75. The number of benzene rings is 1. The Morgan fingerprint density at radius 2 is 1.90 bits per heavy atom. The minimum atomic E-state index is -0.600. The fourth-order valence-corrected chi connectivity index (χ4v) is 4.06. The van der Waals surface area contributed by atoms with Gasteiger partial charge in [0.15, 0.2) is 11.5 Å². The third-order valence-corrected chi connectivity index (χ3v) is 5.37. The molecule has 0 radical (unpaired) electrons. The summed E-state index contributed by atoms with van der Waals surface area (Å²) in [6.45, 7) is 8.40. The predicted octanol–water partition coefficient (Wildman–Crippen LogP) is 4.32. The van der Waals surface area contributed by atoms with E-state index < -0.39 is 17.1 Å². The summed E-state index contributed by atoms with van der Waals surface area (Å²) < 4.78 is 17.2. The van der Waals surface area contributed by atoms with Gasteiger partial charge in [-0.3, -0.25) is 19.3 Å². The monoisotopic (exact) mass is 533 g/mol. The number of imide groups is 1. The van der Waals surface area contributed by atoms with Crippen LogP contribution in [0.4, 0.5) is 4.79 Å². The van der Waals surface area contributed by atoms with Crippen molar-refractivity contribution in [2.75, 3.05) is 26.4 Å². The van der Waals surface area contributed by atoms with Crippen LogP contribution < -0.4 is 9.47 Å². The summed E-state index contributed by atoms with van der Waals surface area (Å²) in [4.78, 5) is 37.9. The quantitative estimate of drug-likeness (QED) is 0.266. The van der Waals surface area contributed by atoms with Crippen LogP contribution in [0.25, 0.3) is 6.08 Å². The summed E-state index contributed by atoms with van der Waals surface area (Å²) in [5, 5.41) is -0.492. The van der Waals surface area contributed by atoms with E-state index in [1.807, 2.05) is 33.8 Å². The topological polar surface area (TPSA) is 82.1 Å². The zero-order chi connectivity index (χ0) is 21.6. The Balaban J connectivity index is 2.21. The molecule has 0 saturated carbocycles. The van der Waals surface area contributed by atoms with Gasteiger partial charge in [-0.1, -0.05) is 13.8 Å². The SMILES string of the molecule is CCOc1cc(/C=C2/SC(=O)N(CC(=O)OCC(C)C)C2=O)cc(I)c1OCC. The number of esters is 1. The zero-order valence-corrected chi connectivity index (χ0v) is 19.8. The molecule has 1 aliphatic heterocycles. The maximum absolute atomic E-state index is 12.6. The first kappa shape index (κ1) is 23.5. The van der Waals surface area contributed by atoms with Crippen LogP contribution in [0.3, 0.4) is 0 Å². The van der Waals surface area contributed by atoms with Crippen LogP contribution in [-0.2, 0) is 14.3 Å². The van der Waals surface area contributed by atoms with Crippen molar-refractivity contribution in [1.29, 1.82) is 0 Å². The second-order valence-electron chi connectivity index (χ2n) is 6.54. The van der Waals surface area contributed by atoms with Gasteiger partial charge in [-0.15, -0.1) is 0 Å². The fourth-order valence-electron chi connectivity index (χ4n) is 2.44. The van der Waals surface area contributed by atoms with Crippen LogP contribution in [0.1, 0.15) is 33.3 Å². The van der Waals surface area contributed by atoms with E-state index in [-0.39, 0.29) is 24.0 Å². The number of nitrogens with zero attached hydrogens (tertiary/aromatic N) is 1. The number of thioether (sulfide) groups is 1. The van der Waals surface area contributed by atoms with E-state index in [9.17, 15) is 14.4 Å². The summed E-state index contributed by atoms with van der Waals surface area (Å²) in [7, 11) is 0. The van der Waals surface area contributed by atoms with Crippen LogP contribution in [-0.4, -0.2) is 48.4 Å². The minimum absolute atomic E-state index is 0.176. The number of carbonyl (C=O) groups is 3. The largest absolute Gasteiger partial charge is 0.490 e. The molecule has 0 aliphatic carbocycles. The van der Waals surface area contributed by atoms with Crippen molar-refractivity contribution in [2.24, 2.45) is 5.92 Å². The van der Waals surface area contributed by atoms with Crippen molar-refractivity contribution < 1.29 is 28.6 Å². The molecule has 7 nitrogen and oxygen atoms in total. The number of ether oxygens (including phenoxy) is 3. The van der Waals surface area contributed by atoms with Crippen molar-refractivity contribution in [1.82, 2.24) is 4.90 Å². The number of hydrogen-bond donors (Lipinski definition) is 0. The van der Waals surface area contributed by atoms with Crippen molar-refractivity contribution >= 4 is 57.5 Å². The maximum Gasteiger partial charge on any atom is 0.326 e. The Labute approximate surface area is 188 Å². The average molecular weight is 533 g/mol. The van der Waals surface area contributed by atoms with Crippen LogP contribution in [0.15, 0.2) is 17.0 Å². The van der Waals surface area contributed by atoms with Gasteiger partial charge in [0, 0.05) is 0 Å². The lowest BCUT2D eigenvalue weighted by Gasteiger charge is -2.14. The van der Waals surface area contributed by atoms with Gasteiger partial charge in [-0.2, -0.15) is 0 Å². The third-order valence-electron chi connectivity index (χ3n) is 3.66. The van der Waals surface area contributed by atoms with Gasteiger partial charge in [0.25, 0.3) is 11.1 Å². The molecule has 29 heavy (non-hydrogen) atoms. The highest BCUT2D eigenvalue weighted by Crippen LogP contribution is 2.37. The summed E-state index contributed by atoms with van der Waals surface area (Å²) in [5.41, 5.74) is 0.703. The lowest BCUT2D eigenvalue weighted by Crippen LogP contribution is -2.34. The number of halogens is 1. The highest BCUT2D eigenvalue weighted by Gasteiger charge is 2.36.